The van der Waals surface area contributed by atoms with Crippen LogP contribution in [0.4, 0.5) is 0 Å². The van der Waals surface area contributed by atoms with Gasteiger partial charge in [-0.3, -0.25) is 14.6 Å². The third-order valence-corrected chi connectivity index (χ3v) is 4.00. The number of hydrogen-bond acceptors (Lipinski definition) is 4. The van der Waals surface area contributed by atoms with E-state index in [0.717, 1.165) is 5.56 Å². The normalized spacial score (nSPS) is 16.7. The van der Waals surface area contributed by atoms with Gasteiger partial charge in [-0.1, -0.05) is 12.1 Å². The fraction of sp³-hybridized carbons (Fsp3) is 0.222. The quantitative estimate of drug-likeness (QED) is 0.924. The fourth-order valence-corrected chi connectivity index (χ4v) is 2.68. The van der Waals surface area contributed by atoms with E-state index in [-0.39, 0.29) is 11.8 Å². The highest BCUT2D eigenvalue weighted by Gasteiger charge is 2.32. The SMILES string of the molecule is N#Cc1ccc(CN2CC[C@H](NC(=O)c3ccncc3)C2=O)cc1. The number of carbonyl (C=O) groups is 2. The number of hydrogen-bond donors (Lipinski definition) is 1. The van der Waals surface area contributed by atoms with Crippen LogP contribution >= 0.6 is 0 Å². The van der Waals surface area contributed by atoms with Crippen LogP contribution in [0.2, 0.25) is 0 Å². The van der Waals surface area contributed by atoms with Crippen molar-refractivity contribution in [1.82, 2.24) is 15.2 Å². The van der Waals surface area contributed by atoms with Crippen molar-refractivity contribution in [3.63, 3.8) is 0 Å². The van der Waals surface area contributed by atoms with Crippen LogP contribution in [0, 0.1) is 11.3 Å². The lowest BCUT2D eigenvalue weighted by Gasteiger charge is -2.17. The number of benzene rings is 1. The van der Waals surface area contributed by atoms with Crippen molar-refractivity contribution in [2.75, 3.05) is 6.54 Å². The van der Waals surface area contributed by atoms with E-state index in [2.05, 4.69) is 16.4 Å². The third kappa shape index (κ3) is 3.41. The smallest absolute Gasteiger partial charge is 0.252 e. The number of likely N-dealkylation sites (tertiary alicyclic amines) is 1. The average Bonchev–Trinajstić information content (AvgIpc) is 2.96. The van der Waals surface area contributed by atoms with Gasteiger partial charge in [0.1, 0.15) is 6.04 Å². The molecule has 2 aromatic rings. The summed E-state index contributed by atoms with van der Waals surface area (Å²) in [4.78, 5) is 30.2. The molecule has 24 heavy (non-hydrogen) atoms. The topological polar surface area (TPSA) is 86.1 Å². The molecule has 1 fully saturated rings. The molecule has 0 spiro atoms. The van der Waals surface area contributed by atoms with E-state index in [4.69, 9.17) is 5.26 Å². The molecule has 0 saturated carbocycles. The van der Waals surface area contributed by atoms with Gasteiger partial charge < -0.3 is 10.2 Å². The Morgan fingerprint density at radius 1 is 1.25 bits per heavy atom. The maximum absolute atomic E-state index is 12.4. The molecule has 1 aliphatic rings. The molecule has 0 radical (unpaired) electrons. The lowest BCUT2D eigenvalue weighted by Crippen LogP contribution is -2.41. The number of amides is 2. The van der Waals surface area contributed by atoms with Crippen LogP contribution in [0.15, 0.2) is 48.8 Å². The van der Waals surface area contributed by atoms with Crippen molar-refractivity contribution in [2.45, 2.75) is 19.0 Å². The monoisotopic (exact) mass is 320 g/mol. The van der Waals surface area contributed by atoms with Gasteiger partial charge in [-0.15, -0.1) is 0 Å². The largest absolute Gasteiger partial charge is 0.340 e. The molecule has 2 heterocycles. The molecule has 0 aliphatic carbocycles. The second kappa shape index (κ2) is 6.92. The van der Waals surface area contributed by atoms with Crippen LogP contribution < -0.4 is 5.32 Å². The van der Waals surface area contributed by atoms with Crippen LogP contribution in [0.3, 0.4) is 0 Å². The predicted molar refractivity (Wildman–Crippen MR) is 86.7 cm³/mol. The molecule has 6 nitrogen and oxygen atoms in total. The first-order valence-corrected chi connectivity index (χ1v) is 7.66. The molecular formula is C18H16N4O2. The van der Waals surface area contributed by atoms with Gasteiger partial charge in [0.25, 0.3) is 5.91 Å². The fourth-order valence-electron chi connectivity index (χ4n) is 2.68. The van der Waals surface area contributed by atoms with Gasteiger partial charge in [-0.05, 0) is 36.2 Å². The summed E-state index contributed by atoms with van der Waals surface area (Å²) < 4.78 is 0. The van der Waals surface area contributed by atoms with Gasteiger partial charge in [0.2, 0.25) is 5.91 Å². The highest BCUT2D eigenvalue weighted by molar-refractivity contribution is 5.97. The lowest BCUT2D eigenvalue weighted by molar-refractivity contribution is -0.129. The van der Waals surface area contributed by atoms with Crippen LogP contribution in [0.25, 0.3) is 0 Å². The number of aromatic nitrogens is 1. The summed E-state index contributed by atoms with van der Waals surface area (Å²) in [6.45, 7) is 1.08. The highest BCUT2D eigenvalue weighted by atomic mass is 16.2. The average molecular weight is 320 g/mol. The molecule has 1 atom stereocenters. The van der Waals surface area contributed by atoms with Crippen molar-refractivity contribution < 1.29 is 9.59 Å². The van der Waals surface area contributed by atoms with E-state index in [1.807, 2.05) is 12.1 Å². The van der Waals surface area contributed by atoms with E-state index in [0.29, 0.717) is 30.6 Å². The van der Waals surface area contributed by atoms with Gasteiger partial charge in [0, 0.05) is 31.0 Å². The lowest BCUT2D eigenvalue weighted by atomic mass is 10.1. The molecular weight excluding hydrogens is 304 g/mol. The molecule has 1 aliphatic heterocycles. The van der Waals surface area contributed by atoms with Gasteiger partial charge in [0.05, 0.1) is 11.6 Å². The number of rotatable bonds is 4. The first-order valence-electron chi connectivity index (χ1n) is 7.66. The minimum atomic E-state index is -0.496. The first kappa shape index (κ1) is 15.7. The number of pyridine rings is 1. The molecule has 1 saturated heterocycles. The Morgan fingerprint density at radius 3 is 2.62 bits per heavy atom. The van der Waals surface area contributed by atoms with E-state index in [1.165, 1.54) is 0 Å². The Kier molecular flexibility index (Phi) is 4.52. The molecule has 120 valence electrons. The van der Waals surface area contributed by atoms with Crippen molar-refractivity contribution in [3.05, 3.63) is 65.5 Å². The summed E-state index contributed by atoms with van der Waals surface area (Å²) in [7, 11) is 0. The molecule has 1 aromatic heterocycles. The minimum absolute atomic E-state index is 0.0817. The molecule has 1 aromatic carbocycles. The van der Waals surface area contributed by atoms with Gasteiger partial charge in [-0.2, -0.15) is 5.26 Å². The Hall–Kier alpha value is -3.20. The Labute approximate surface area is 139 Å². The number of carbonyl (C=O) groups excluding carboxylic acids is 2. The summed E-state index contributed by atoms with van der Waals surface area (Å²) in [5.41, 5.74) is 2.04. The van der Waals surface area contributed by atoms with E-state index < -0.39 is 6.04 Å². The zero-order chi connectivity index (χ0) is 16.9. The van der Waals surface area contributed by atoms with Crippen molar-refractivity contribution >= 4 is 11.8 Å². The number of nitrogens with zero attached hydrogens (tertiary/aromatic N) is 3. The second-order valence-corrected chi connectivity index (χ2v) is 5.62. The Morgan fingerprint density at radius 2 is 1.96 bits per heavy atom. The van der Waals surface area contributed by atoms with E-state index >= 15 is 0 Å². The minimum Gasteiger partial charge on any atom is -0.340 e. The van der Waals surface area contributed by atoms with Crippen molar-refractivity contribution in [2.24, 2.45) is 0 Å². The standard InChI is InChI=1S/C18H16N4O2/c19-11-13-1-3-14(4-2-13)12-22-10-7-16(18(22)24)21-17(23)15-5-8-20-9-6-15/h1-6,8-9,16H,7,10,12H2,(H,21,23)/t16-/m0/s1. The maximum Gasteiger partial charge on any atom is 0.252 e. The maximum atomic E-state index is 12.4. The zero-order valence-electron chi connectivity index (χ0n) is 13.0. The van der Waals surface area contributed by atoms with Crippen molar-refractivity contribution in [1.29, 1.82) is 5.26 Å². The second-order valence-electron chi connectivity index (χ2n) is 5.62. The molecule has 2 amide bonds. The first-order chi connectivity index (χ1) is 11.7. The zero-order valence-corrected chi connectivity index (χ0v) is 13.0. The highest BCUT2D eigenvalue weighted by Crippen LogP contribution is 2.16. The molecule has 0 unspecified atom stereocenters. The van der Waals surface area contributed by atoms with Crippen LogP contribution in [0.5, 0.6) is 0 Å². The van der Waals surface area contributed by atoms with E-state index in [9.17, 15) is 9.59 Å². The summed E-state index contributed by atoms with van der Waals surface area (Å²) in [6, 6.07) is 12.0. The van der Waals surface area contributed by atoms with E-state index in [1.54, 1.807) is 41.6 Å². The number of nitriles is 1. The number of nitrogens with one attached hydrogen (secondary N) is 1. The molecule has 6 heteroatoms. The van der Waals surface area contributed by atoms with Crippen LogP contribution in [-0.4, -0.2) is 34.3 Å². The van der Waals surface area contributed by atoms with Gasteiger partial charge in [-0.25, -0.2) is 0 Å². The van der Waals surface area contributed by atoms with Crippen molar-refractivity contribution in [3.8, 4) is 6.07 Å². The summed E-state index contributed by atoms with van der Waals surface area (Å²) >= 11 is 0. The Bertz CT molecular complexity index is 781. The van der Waals surface area contributed by atoms with Crippen LogP contribution in [0.1, 0.15) is 27.9 Å². The molecule has 1 N–H and O–H groups in total. The third-order valence-electron chi connectivity index (χ3n) is 4.00. The van der Waals surface area contributed by atoms with Crippen LogP contribution in [-0.2, 0) is 11.3 Å². The summed E-state index contributed by atoms with van der Waals surface area (Å²) in [6.07, 6.45) is 3.68. The van der Waals surface area contributed by atoms with Gasteiger partial charge in [0.15, 0.2) is 0 Å². The predicted octanol–water partition coefficient (Wildman–Crippen LogP) is 1.48. The van der Waals surface area contributed by atoms with Gasteiger partial charge >= 0.3 is 0 Å². The summed E-state index contributed by atoms with van der Waals surface area (Å²) in [5, 5.41) is 11.6. The summed E-state index contributed by atoms with van der Waals surface area (Å²) in [5.74, 6) is -0.349. The Balaban J connectivity index is 1.60. The molecule has 3 rings (SSSR count). The molecule has 0 bridgehead atoms.